The van der Waals surface area contributed by atoms with Crippen molar-refractivity contribution in [3.05, 3.63) is 59.1 Å². The minimum atomic E-state index is -0.535. The number of carbonyl (C=O) groups excluding carboxylic acids is 1. The van der Waals surface area contributed by atoms with Gasteiger partial charge in [-0.3, -0.25) is 4.79 Å². The Labute approximate surface area is 145 Å². The van der Waals surface area contributed by atoms with Crippen molar-refractivity contribution in [2.75, 3.05) is 7.05 Å². The number of aromatic nitrogens is 1. The average Bonchev–Trinajstić information content (AvgIpc) is 2.98. The summed E-state index contributed by atoms with van der Waals surface area (Å²) in [4.78, 5) is 18.7. The molecule has 0 aliphatic carbocycles. The largest absolute Gasteiger partial charge is 0.481 e. The molecule has 0 spiro atoms. The Hall–Kier alpha value is -2.40. The highest BCUT2D eigenvalue weighted by molar-refractivity contribution is 7.18. The number of hydrogen-bond acceptors (Lipinski definition) is 4. The number of carbonyl (C=O) groups is 1. The first-order valence-electron chi connectivity index (χ1n) is 7.85. The Balaban J connectivity index is 1.63. The molecule has 3 rings (SSSR count). The fourth-order valence-electron chi connectivity index (χ4n) is 2.45. The summed E-state index contributed by atoms with van der Waals surface area (Å²) in [5, 5.41) is 0.926. The van der Waals surface area contributed by atoms with Gasteiger partial charge in [-0.2, -0.15) is 0 Å². The van der Waals surface area contributed by atoms with Gasteiger partial charge in [-0.1, -0.05) is 29.8 Å². The molecule has 1 atom stereocenters. The van der Waals surface area contributed by atoms with Gasteiger partial charge < -0.3 is 9.64 Å². The quantitative estimate of drug-likeness (QED) is 0.704. The molecule has 3 aromatic rings. The van der Waals surface area contributed by atoms with Crippen molar-refractivity contribution in [1.29, 1.82) is 0 Å². The average molecular weight is 340 g/mol. The smallest absolute Gasteiger partial charge is 0.263 e. The molecule has 1 amide bonds. The van der Waals surface area contributed by atoms with Crippen LogP contribution in [0.4, 0.5) is 0 Å². The lowest BCUT2D eigenvalue weighted by Crippen LogP contribution is -2.37. The zero-order valence-corrected chi connectivity index (χ0v) is 14.8. The van der Waals surface area contributed by atoms with E-state index < -0.39 is 6.10 Å². The van der Waals surface area contributed by atoms with Crippen LogP contribution in [0.25, 0.3) is 10.2 Å². The van der Waals surface area contributed by atoms with Crippen molar-refractivity contribution in [3.63, 3.8) is 0 Å². The molecule has 0 aliphatic rings. The van der Waals surface area contributed by atoms with Gasteiger partial charge in [0.05, 0.1) is 16.8 Å². The van der Waals surface area contributed by atoms with E-state index in [4.69, 9.17) is 4.74 Å². The maximum Gasteiger partial charge on any atom is 0.263 e. The highest BCUT2D eigenvalue weighted by atomic mass is 32.1. The van der Waals surface area contributed by atoms with Crippen LogP contribution in [-0.4, -0.2) is 28.9 Å². The molecule has 1 unspecified atom stereocenters. The first-order valence-corrected chi connectivity index (χ1v) is 8.67. The van der Waals surface area contributed by atoms with E-state index >= 15 is 0 Å². The standard InChI is InChI=1S/C19H20N2O2S/c1-13-8-10-15(11-9-13)23-14(2)19(22)21(3)12-18-20-16-6-4-5-7-17(16)24-18/h4-11,14H,12H2,1-3H3. The number of ether oxygens (including phenoxy) is 1. The topological polar surface area (TPSA) is 42.4 Å². The SMILES string of the molecule is Cc1ccc(OC(C)C(=O)N(C)Cc2nc3ccccc3s2)cc1. The molecule has 24 heavy (non-hydrogen) atoms. The van der Waals surface area contributed by atoms with Crippen LogP contribution in [0.1, 0.15) is 17.5 Å². The fraction of sp³-hybridized carbons (Fsp3) is 0.263. The number of amides is 1. The summed E-state index contributed by atoms with van der Waals surface area (Å²) in [6, 6.07) is 15.7. The van der Waals surface area contributed by atoms with Crippen LogP contribution in [0.3, 0.4) is 0 Å². The predicted molar refractivity (Wildman–Crippen MR) is 97.4 cm³/mol. The van der Waals surface area contributed by atoms with Gasteiger partial charge in [-0.25, -0.2) is 4.98 Å². The number of fused-ring (bicyclic) bond motifs is 1. The minimum Gasteiger partial charge on any atom is -0.481 e. The van der Waals surface area contributed by atoms with Crippen molar-refractivity contribution in [1.82, 2.24) is 9.88 Å². The van der Waals surface area contributed by atoms with Crippen LogP contribution in [0.2, 0.25) is 0 Å². The van der Waals surface area contributed by atoms with E-state index in [1.807, 2.05) is 55.5 Å². The number of nitrogens with zero attached hydrogens (tertiary/aromatic N) is 2. The molecule has 0 bridgehead atoms. The van der Waals surface area contributed by atoms with E-state index in [1.54, 1.807) is 30.2 Å². The van der Waals surface area contributed by atoms with E-state index in [9.17, 15) is 4.79 Å². The summed E-state index contributed by atoms with van der Waals surface area (Å²) in [7, 11) is 1.78. The minimum absolute atomic E-state index is 0.0603. The van der Waals surface area contributed by atoms with Gasteiger partial charge in [-0.15, -0.1) is 11.3 Å². The van der Waals surface area contributed by atoms with E-state index in [0.717, 1.165) is 20.8 Å². The molecule has 124 valence electrons. The number of rotatable bonds is 5. The molecule has 5 heteroatoms. The summed E-state index contributed by atoms with van der Waals surface area (Å²) >= 11 is 1.61. The van der Waals surface area contributed by atoms with Crippen LogP contribution >= 0.6 is 11.3 Å². The number of para-hydroxylation sites is 1. The molecular weight excluding hydrogens is 320 g/mol. The summed E-state index contributed by atoms with van der Waals surface area (Å²) < 4.78 is 6.88. The summed E-state index contributed by atoms with van der Waals surface area (Å²) in [6.45, 7) is 4.28. The monoisotopic (exact) mass is 340 g/mol. The highest BCUT2D eigenvalue weighted by Crippen LogP contribution is 2.22. The lowest BCUT2D eigenvalue weighted by molar-refractivity contribution is -0.137. The van der Waals surface area contributed by atoms with Crippen molar-refractivity contribution < 1.29 is 9.53 Å². The summed E-state index contributed by atoms with van der Waals surface area (Å²) in [5.74, 6) is 0.643. The number of benzene rings is 2. The zero-order valence-electron chi connectivity index (χ0n) is 14.0. The summed E-state index contributed by atoms with van der Waals surface area (Å²) in [5.41, 5.74) is 2.14. The Morgan fingerprint density at radius 2 is 1.92 bits per heavy atom. The Bertz CT molecular complexity index is 809. The van der Waals surface area contributed by atoms with E-state index in [2.05, 4.69) is 4.98 Å². The summed E-state index contributed by atoms with van der Waals surface area (Å²) in [6.07, 6.45) is -0.535. The second-order valence-electron chi connectivity index (χ2n) is 5.84. The molecule has 0 saturated heterocycles. The number of aryl methyl sites for hydroxylation is 1. The van der Waals surface area contributed by atoms with Gasteiger partial charge in [0.15, 0.2) is 6.10 Å². The van der Waals surface area contributed by atoms with Gasteiger partial charge in [0.2, 0.25) is 0 Å². The van der Waals surface area contributed by atoms with Gasteiger partial charge >= 0.3 is 0 Å². The molecule has 4 nitrogen and oxygen atoms in total. The second kappa shape index (κ2) is 7.01. The van der Waals surface area contributed by atoms with Crippen molar-refractivity contribution >= 4 is 27.5 Å². The van der Waals surface area contributed by atoms with Crippen LogP contribution in [0.15, 0.2) is 48.5 Å². The molecule has 0 aliphatic heterocycles. The van der Waals surface area contributed by atoms with Crippen LogP contribution in [0.5, 0.6) is 5.75 Å². The van der Waals surface area contributed by atoms with Crippen LogP contribution in [-0.2, 0) is 11.3 Å². The van der Waals surface area contributed by atoms with Crippen molar-refractivity contribution in [2.45, 2.75) is 26.5 Å². The normalized spacial score (nSPS) is 12.1. The Morgan fingerprint density at radius 3 is 2.62 bits per heavy atom. The van der Waals surface area contributed by atoms with Crippen molar-refractivity contribution in [2.24, 2.45) is 0 Å². The highest BCUT2D eigenvalue weighted by Gasteiger charge is 2.20. The molecule has 0 fully saturated rings. The van der Waals surface area contributed by atoms with Crippen molar-refractivity contribution in [3.8, 4) is 5.75 Å². The third-order valence-corrected chi connectivity index (χ3v) is 4.79. The second-order valence-corrected chi connectivity index (χ2v) is 6.96. The van der Waals surface area contributed by atoms with Gasteiger partial charge in [-0.05, 0) is 38.1 Å². The van der Waals surface area contributed by atoms with Gasteiger partial charge in [0.1, 0.15) is 10.8 Å². The maximum absolute atomic E-state index is 12.5. The number of thiazole rings is 1. The molecule has 0 N–H and O–H groups in total. The van der Waals surface area contributed by atoms with Gasteiger partial charge in [0, 0.05) is 7.05 Å². The molecule has 1 heterocycles. The Kier molecular flexibility index (Phi) is 4.81. The third kappa shape index (κ3) is 3.74. The van der Waals surface area contributed by atoms with Crippen LogP contribution in [0, 0.1) is 6.92 Å². The van der Waals surface area contributed by atoms with E-state index in [0.29, 0.717) is 12.3 Å². The number of hydrogen-bond donors (Lipinski definition) is 0. The first-order chi connectivity index (χ1) is 11.5. The fourth-order valence-corrected chi connectivity index (χ4v) is 3.47. The molecule has 2 aromatic carbocycles. The lowest BCUT2D eigenvalue weighted by Gasteiger charge is -2.21. The maximum atomic E-state index is 12.5. The van der Waals surface area contributed by atoms with E-state index in [1.165, 1.54) is 0 Å². The molecule has 0 saturated carbocycles. The molecular formula is C19H20N2O2S. The first kappa shape index (κ1) is 16.5. The Morgan fingerprint density at radius 1 is 1.21 bits per heavy atom. The predicted octanol–water partition coefficient (Wildman–Crippen LogP) is 4.03. The van der Waals surface area contributed by atoms with Gasteiger partial charge in [0.25, 0.3) is 5.91 Å². The van der Waals surface area contributed by atoms with E-state index in [-0.39, 0.29) is 5.91 Å². The van der Waals surface area contributed by atoms with Crippen LogP contribution < -0.4 is 4.74 Å². The molecule has 1 aromatic heterocycles. The third-order valence-electron chi connectivity index (χ3n) is 3.77. The zero-order chi connectivity index (χ0) is 17.1. The molecule has 0 radical (unpaired) electrons. The lowest BCUT2D eigenvalue weighted by atomic mass is 10.2. The number of likely N-dealkylation sites (N-methyl/N-ethyl adjacent to an activating group) is 1.